The zero-order valence-electron chi connectivity index (χ0n) is 17.7. The number of imide groups is 1. The van der Waals surface area contributed by atoms with Gasteiger partial charge in [0.05, 0.1) is 11.8 Å². The molecule has 6 fully saturated rings. The van der Waals surface area contributed by atoms with Gasteiger partial charge in [-0.2, -0.15) is 0 Å². The van der Waals surface area contributed by atoms with E-state index in [1.54, 1.807) is 0 Å². The first kappa shape index (κ1) is 20.0. The molecule has 1 N–H and O–H groups in total. The molecule has 0 spiro atoms. The number of carbonyl (C=O) groups is 4. The van der Waals surface area contributed by atoms with Gasteiger partial charge in [-0.15, -0.1) is 0 Å². The summed E-state index contributed by atoms with van der Waals surface area (Å²) < 4.78 is 5.24. The molecule has 6 rings (SSSR count). The van der Waals surface area contributed by atoms with Gasteiger partial charge in [-0.3, -0.25) is 19.3 Å². The summed E-state index contributed by atoms with van der Waals surface area (Å²) >= 11 is 0. The van der Waals surface area contributed by atoms with Crippen LogP contribution in [0.4, 0.5) is 0 Å². The molecule has 3 atom stereocenters. The first-order valence-corrected chi connectivity index (χ1v) is 11.7. The summed E-state index contributed by atoms with van der Waals surface area (Å²) in [6, 6.07) is -0.983. The Morgan fingerprint density at radius 1 is 1.00 bits per heavy atom. The summed E-state index contributed by atoms with van der Waals surface area (Å²) in [4.78, 5) is 51.5. The third-order valence-electron chi connectivity index (χ3n) is 8.39. The molecule has 30 heavy (non-hydrogen) atoms. The highest BCUT2D eigenvalue weighted by Gasteiger charge is 2.52. The van der Waals surface area contributed by atoms with Crippen LogP contribution in [-0.2, 0) is 23.9 Å². The van der Waals surface area contributed by atoms with Crippen LogP contribution in [0.1, 0.15) is 71.1 Å². The summed E-state index contributed by atoms with van der Waals surface area (Å²) in [5.41, 5.74) is -0.125. The Labute approximate surface area is 177 Å². The molecule has 1 aliphatic heterocycles. The van der Waals surface area contributed by atoms with Crippen molar-refractivity contribution in [2.45, 2.75) is 82.7 Å². The van der Waals surface area contributed by atoms with Crippen LogP contribution in [0, 0.1) is 29.6 Å². The van der Waals surface area contributed by atoms with Crippen LogP contribution in [0.2, 0.25) is 0 Å². The lowest BCUT2D eigenvalue weighted by Gasteiger charge is -2.56. The zero-order valence-corrected chi connectivity index (χ0v) is 17.7. The fraction of sp³-hybridized carbons (Fsp3) is 0.826. The van der Waals surface area contributed by atoms with Crippen molar-refractivity contribution in [2.24, 2.45) is 29.6 Å². The molecule has 3 amide bonds. The molecule has 7 heteroatoms. The van der Waals surface area contributed by atoms with E-state index in [0.29, 0.717) is 12.8 Å². The predicted octanol–water partition coefficient (Wildman–Crippen LogP) is 2.18. The maximum absolute atomic E-state index is 12.7. The summed E-state index contributed by atoms with van der Waals surface area (Å²) in [5, 5.41) is 3.18. The molecule has 5 aliphatic carbocycles. The molecule has 0 aromatic carbocycles. The highest BCUT2D eigenvalue weighted by Crippen LogP contribution is 2.55. The van der Waals surface area contributed by atoms with E-state index in [1.165, 1.54) is 26.2 Å². The second kappa shape index (κ2) is 7.34. The molecule has 4 bridgehead atoms. The number of nitrogens with one attached hydrogen (secondary N) is 1. The molecule has 1 saturated heterocycles. The van der Waals surface area contributed by atoms with Crippen molar-refractivity contribution in [3.05, 3.63) is 0 Å². The Hall–Kier alpha value is -1.92. The summed E-state index contributed by atoms with van der Waals surface area (Å²) in [5.74, 6) is 0.0990. The summed E-state index contributed by atoms with van der Waals surface area (Å²) in [6.45, 7) is 1.17. The van der Waals surface area contributed by atoms with E-state index >= 15 is 0 Å². The van der Waals surface area contributed by atoms with Crippen molar-refractivity contribution < 1.29 is 23.9 Å². The highest BCUT2D eigenvalue weighted by atomic mass is 16.5. The number of hydrogen-bond acceptors (Lipinski definition) is 5. The number of fused-ring (bicyclic) bond motifs is 1. The minimum absolute atomic E-state index is 0.125. The molecular formula is C23H32N2O5. The van der Waals surface area contributed by atoms with Gasteiger partial charge in [0.1, 0.15) is 6.04 Å². The lowest BCUT2D eigenvalue weighted by atomic mass is 9.53. The van der Waals surface area contributed by atoms with Crippen LogP contribution in [0.15, 0.2) is 0 Å². The third-order valence-corrected chi connectivity index (χ3v) is 8.39. The van der Waals surface area contributed by atoms with Crippen molar-refractivity contribution in [3.8, 4) is 0 Å². The molecular weight excluding hydrogens is 384 g/mol. The van der Waals surface area contributed by atoms with Crippen LogP contribution in [0.25, 0.3) is 0 Å². The van der Waals surface area contributed by atoms with Gasteiger partial charge in [-0.05, 0) is 76.0 Å². The molecule has 0 aromatic heterocycles. The van der Waals surface area contributed by atoms with Crippen molar-refractivity contribution in [1.82, 2.24) is 10.2 Å². The number of ether oxygens (including phenoxy) is 1. The average Bonchev–Trinajstić information content (AvgIpc) is 2.95. The Balaban J connectivity index is 1.16. The van der Waals surface area contributed by atoms with Gasteiger partial charge in [0.25, 0.3) is 5.91 Å². The van der Waals surface area contributed by atoms with Crippen LogP contribution in [-0.4, -0.2) is 46.8 Å². The number of esters is 1. The van der Waals surface area contributed by atoms with E-state index in [-0.39, 0.29) is 41.7 Å². The zero-order chi connectivity index (χ0) is 21.0. The molecule has 0 radical (unpaired) electrons. The summed E-state index contributed by atoms with van der Waals surface area (Å²) in [6.07, 6.45) is 10.3. The van der Waals surface area contributed by atoms with Crippen LogP contribution in [0.5, 0.6) is 0 Å². The Morgan fingerprint density at radius 3 is 2.00 bits per heavy atom. The van der Waals surface area contributed by atoms with E-state index < -0.39 is 12.0 Å². The fourth-order valence-corrected chi connectivity index (χ4v) is 7.53. The standard InChI is InChI=1S/C23H32N2O5/c1-13(25-20(27)17-4-2-3-5-18(17)21(25)28)22(29)30-12-19(26)24-23-9-14-6-15(10-23)8-16(7-14)11-23/h13-18H,2-12H2,1H3,(H,24,26)/t13-,14?,15?,16?,17-,18-,23?/m0/s1. The number of hydrogen-bond donors (Lipinski definition) is 1. The Bertz CT molecular complexity index is 718. The maximum Gasteiger partial charge on any atom is 0.329 e. The largest absolute Gasteiger partial charge is 0.454 e. The van der Waals surface area contributed by atoms with Crippen LogP contribution >= 0.6 is 0 Å². The summed E-state index contributed by atoms with van der Waals surface area (Å²) in [7, 11) is 0. The monoisotopic (exact) mass is 416 g/mol. The van der Waals surface area contributed by atoms with E-state index in [2.05, 4.69) is 5.32 Å². The van der Waals surface area contributed by atoms with Crippen molar-refractivity contribution in [3.63, 3.8) is 0 Å². The van der Waals surface area contributed by atoms with Gasteiger partial charge >= 0.3 is 5.97 Å². The van der Waals surface area contributed by atoms with Crippen molar-refractivity contribution >= 4 is 23.7 Å². The quantitative estimate of drug-likeness (QED) is 0.548. The molecule has 6 aliphatic rings. The van der Waals surface area contributed by atoms with E-state index in [1.807, 2.05) is 0 Å². The third kappa shape index (κ3) is 3.34. The average molecular weight is 417 g/mol. The van der Waals surface area contributed by atoms with E-state index in [4.69, 9.17) is 4.74 Å². The normalized spacial score (nSPS) is 40.3. The minimum atomic E-state index is -0.983. The minimum Gasteiger partial charge on any atom is -0.454 e. The van der Waals surface area contributed by atoms with Gasteiger partial charge in [-0.1, -0.05) is 12.8 Å². The van der Waals surface area contributed by atoms with Crippen LogP contribution < -0.4 is 5.32 Å². The number of rotatable bonds is 5. The molecule has 7 nitrogen and oxygen atoms in total. The molecule has 1 heterocycles. The topological polar surface area (TPSA) is 92.8 Å². The lowest BCUT2D eigenvalue weighted by molar-refractivity contribution is -0.160. The van der Waals surface area contributed by atoms with Gasteiger partial charge < -0.3 is 10.1 Å². The molecule has 0 unspecified atom stereocenters. The van der Waals surface area contributed by atoms with E-state index in [9.17, 15) is 19.2 Å². The smallest absolute Gasteiger partial charge is 0.329 e. The SMILES string of the molecule is C[C@@H](C(=O)OCC(=O)NC12CC3CC(CC(C3)C1)C2)N1C(=O)[C@H]2CCCC[C@@H]2C1=O. The second-order valence-electron chi connectivity index (χ2n) is 10.6. The van der Waals surface area contributed by atoms with Gasteiger partial charge in [0, 0.05) is 5.54 Å². The maximum atomic E-state index is 12.7. The van der Waals surface area contributed by atoms with E-state index in [0.717, 1.165) is 54.8 Å². The Morgan fingerprint density at radius 2 is 1.50 bits per heavy atom. The number of amides is 3. The fourth-order valence-electron chi connectivity index (χ4n) is 7.53. The molecule has 164 valence electrons. The highest BCUT2D eigenvalue weighted by molar-refractivity contribution is 6.07. The molecule has 5 saturated carbocycles. The number of carbonyl (C=O) groups excluding carboxylic acids is 4. The molecule has 0 aromatic rings. The van der Waals surface area contributed by atoms with Gasteiger partial charge in [-0.25, -0.2) is 4.79 Å². The second-order valence-corrected chi connectivity index (χ2v) is 10.6. The van der Waals surface area contributed by atoms with Gasteiger partial charge in [0.2, 0.25) is 11.8 Å². The van der Waals surface area contributed by atoms with Crippen molar-refractivity contribution in [1.29, 1.82) is 0 Å². The van der Waals surface area contributed by atoms with Crippen LogP contribution in [0.3, 0.4) is 0 Å². The number of likely N-dealkylation sites (tertiary alicyclic amines) is 1. The first-order chi connectivity index (χ1) is 14.3. The van der Waals surface area contributed by atoms with Crippen molar-refractivity contribution in [2.75, 3.05) is 6.61 Å². The van der Waals surface area contributed by atoms with Gasteiger partial charge in [0.15, 0.2) is 6.61 Å². The first-order valence-electron chi connectivity index (χ1n) is 11.7. The Kier molecular flexibility index (Phi) is 4.90. The number of nitrogens with zero attached hydrogens (tertiary/aromatic N) is 1. The lowest BCUT2D eigenvalue weighted by Crippen LogP contribution is -2.60. The predicted molar refractivity (Wildman–Crippen MR) is 107 cm³/mol.